The SMILES string of the molecule is COc1ccccc1Oc1ccc(CNC(=O)c2cc3cnn(C(C)C)c3nc2C)cc1. The number of aromatic nitrogens is 3. The summed E-state index contributed by atoms with van der Waals surface area (Å²) in [5.41, 5.74) is 2.99. The van der Waals surface area contributed by atoms with Gasteiger partial charge in [-0.2, -0.15) is 5.10 Å². The number of amides is 1. The maximum absolute atomic E-state index is 12.8. The summed E-state index contributed by atoms with van der Waals surface area (Å²) in [5.74, 6) is 1.85. The van der Waals surface area contributed by atoms with Crippen LogP contribution < -0.4 is 14.8 Å². The Kier molecular flexibility index (Phi) is 6.07. The van der Waals surface area contributed by atoms with Gasteiger partial charge in [0.1, 0.15) is 5.75 Å². The molecule has 0 aliphatic heterocycles. The molecule has 32 heavy (non-hydrogen) atoms. The van der Waals surface area contributed by atoms with Gasteiger partial charge in [0.05, 0.1) is 24.6 Å². The molecule has 7 heteroatoms. The summed E-state index contributed by atoms with van der Waals surface area (Å²) in [7, 11) is 1.61. The third-order valence-corrected chi connectivity index (χ3v) is 5.17. The summed E-state index contributed by atoms with van der Waals surface area (Å²) < 4.78 is 13.1. The van der Waals surface area contributed by atoms with E-state index in [9.17, 15) is 4.79 Å². The van der Waals surface area contributed by atoms with Gasteiger partial charge in [-0.25, -0.2) is 9.67 Å². The Labute approximate surface area is 187 Å². The number of carbonyl (C=O) groups excluding carboxylic acids is 1. The number of carbonyl (C=O) groups is 1. The molecule has 7 nitrogen and oxygen atoms in total. The zero-order chi connectivity index (χ0) is 22.7. The summed E-state index contributed by atoms with van der Waals surface area (Å²) in [4.78, 5) is 17.4. The second-order valence-corrected chi connectivity index (χ2v) is 7.80. The van der Waals surface area contributed by atoms with Gasteiger partial charge in [0, 0.05) is 18.0 Å². The largest absolute Gasteiger partial charge is 0.493 e. The van der Waals surface area contributed by atoms with Crippen molar-refractivity contribution in [3.8, 4) is 17.2 Å². The van der Waals surface area contributed by atoms with E-state index in [-0.39, 0.29) is 11.9 Å². The minimum atomic E-state index is -0.163. The number of para-hydroxylation sites is 2. The second kappa shape index (κ2) is 9.09. The molecule has 0 saturated carbocycles. The molecule has 0 aliphatic carbocycles. The van der Waals surface area contributed by atoms with Gasteiger partial charge in [0.25, 0.3) is 5.91 Å². The first-order valence-electron chi connectivity index (χ1n) is 10.5. The van der Waals surface area contributed by atoms with Crippen LogP contribution in [-0.2, 0) is 6.54 Å². The molecule has 0 aliphatic rings. The van der Waals surface area contributed by atoms with Gasteiger partial charge in [-0.3, -0.25) is 4.79 Å². The molecule has 0 spiro atoms. The number of fused-ring (bicyclic) bond motifs is 1. The predicted molar refractivity (Wildman–Crippen MR) is 123 cm³/mol. The summed E-state index contributed by atoms with van der Waals surface area (Å²) in [6, 6.07) is 17.1. The summed E-state index contributed by atoms with van der Waals surface area (Å²) in [6.07, 6.45) is 1.75. The van der Waals surface area contributed by atoms with Gasteiger partial charge in [0.2, 0.25) is 0 Å². The first kappa shape index (κ1) is 21.4. The van der Waals surface area contributed by atoms with Crippen LogP contribution in [0.3, 0.4) is 0 Å². The van der Waals surface area contributed by atoms with Crippen LogP contribution in [0, 0.1) is 6.92 Å². The van der Waals surface area contributed by atoms with Crippen molar-refractivity contribution in [2.24, 2.45) is 0 Å². The van der Waals surface area contributed by atoms with Crippen molar-refractivity contribution in [3.63, 3.8) is 0 Å². The number of nitrogens with one attached hydrogen (secondary N) is 1. The smallest absolute Gasteiger partial charge is 0.253 e. The van der Waals surface area contributed by atoms with Crippen LogP contribution in [0.25, 0.3) is 11.0 Å². The van der Waals surface area contributed by atoms with Crippen molar-refractivity contribution in [1.29, 1.82) is 0 Å². The van der Waals surface area contributed by atoms with Crippen LogP contribution in [0.2, 0.25) is 0 Å². The fourth-order valence-electron chi connectivity index (χ4n) is 3.46. The van der Waals surface area contributed by atoms with E-state index >= 15 is 0 Å². The molecule has 4 aromatic rings. The fraction of sp³-hybridized carbons (Fsp3) is 0.240. The lowest BCUT2D eigenvalue weighted by atomic mass is 10.1. The Balaban J connectivity index is 1.42. The van der Waals surface area contributed by atoms with E-state index < -0.39 is 0 Å². The molecule has 0 fully saturated rings. The van der Waals surface area contributed by atoms with Crippen molar-refractivity contribution < 1.29 is 14.3 Å². The number of rotatable bonds is 7. The molecular formula is C25H26N4O3. The van der Waals surface area contributed by atoms with Crippen LogP contribution in [0.1, 0.15) is 41.5 Å². The fourth-order valence-corrected chi connectivity index (χ4v) is 3.46. The first-order valence-corrected chi connectivity index (χ1v) is 10.5. The third kappa shape index (κ3) is 4.42. The molecule has 2 heterocycles. The maximum Gasteiger partial charge on any atom is 0.253 e. The number of pyridine rings is 1. The molecule has 0 atom stereocenters. The number of nitrogens with zero attached hydrogens (tertiary/aromatic N) is 3. The molecule has 0 radical (unpaired) electrons. The van der Waals surface area contributed by atoms with E-state index in [1.807, 2.05) is 66.2 Å². The van der Waals surface area contributed by atoms with Gasteiger partial charge in [-0.15, -0.1) is 0 Å². The van der Waals surface area contributed by atoms with Crippen LogP contribution >= 0.6 is 0 Å². The van der Waals surface area contributed by atoms with Crippen molar-refractivity contribution in [3.05, 3.63) is 77.6 Å². The average Bonchev–Trinajstić information content (AvgIpc) is 3.21. The minimum Gasteiger partial charge on any atom is -0.493 e. The minimum absolute atomic E-state index is 0.163. The predicted octanol–water partition coefficient (Wildman–Crippen LogP) is 5.05. The monoisotopic (exact) mass is 430 g/mol. The second-order valence-electron chi connectivity index (χ2n) is 7.80. The van der Waals surface area contributed by atoms with E-state index in [1.165, 1.54) is 0 Å². The van der Waals surface area contributed by atoms with Crippen molar-refractivity contribution in [1.82, 2.24) is 20.1 Å². The highest BCUT2D eigenvalue weighted by atomic mass is 16.5. The highest BCUT2D eigenvalue weighted by Gasteiger charge is 2.15. The van der Waals surface area contributed by atoms with Gasteiger partial charge in [0.15, 0.2) is 17.1 Å². The Morgan fingerprint density at radius 1 is 1.09 bits per heavy atom. The van der Waals surface area contributed by atoms with Crippen molar-refractivity contribution in [2.75, 3.05) is 7.11 Å². The highest BCUT2D eigenvalue weighted by molar-refractivity contribution is 5.98. The van der Waals surface area contributed by atoms with E-state index in [4.69, 9.17) is 9.47 Å². The summed E-state index contributed by atoms with van der Waals surface area (Å²) >= 11 is 0. The quantitative estimate of drug-likeness (QED) is 0.444. The van der Waals surface area contributed by atoms with Gasteiger partial charge < -0.3 is 14.8 Å². The number of ether oxygens (including phenoxy) is 2. The lowest BCUT2D eigenvalue weighted by Crippen LogP contribution is -2.24. The van der Waals surface area contributed by atoms with E-state index in [1.54, 1.807) is 13.3 Å². The number of benzene rings is 2. The Morgan fingerprint density at radius 2 is 1.81 bits per heavy atom. The molecule has 2 aromatic carbocycles. The van der Waals surface area contributed by atoms with Gasteiger partial charge in [-0.05, 0) is 56.7 Å². The number of hydrogen-bond donors (Lipinski definition) is 1. The standard InChI is InChI=1S/C25H26N4O3/c1-16(2)29-24-19(15-27-29)13-21(17(3)28-24)25(30)26-14-18-9-11-20(12-10-18)32-23-8-6-5-7-22(23)31-4/h5-13,15-16H,14H2,1-4H3,(H,26,30). The van der Waals surface area contributed by atoms with Crippen molar-refractivity contribution in [2.45, 2.75) is 33.4 Å². The average molecular weight is 431 g/mol. The normalized spacial score (nSPS) is 11.0. The lowest BCUT2D eigenvalue weighted by Gasteiger charge is -2.11. The molecule has 0 unspecified atom stereocenters. The van der Waals surface area contributed by atoms with Crippen LogP contribution in [0.4, 0.5) is 0 Å². The van der Waals surface area contributed by atoms with Crippen LogP contribution in [0.5, 0.6) is 17.2 Å². The Hall–Kier alpha value is -3.87. The number of aryl methyl sites for hydroxylation is 1. The summed E-state index contributed by atoms with van der Waals surface area (Å²) in [6.45, 7) is 6.35. The van der Waals surface area contributed by atoms with E-state index in [0.717, 1.165) is 16.6 Å². The zero-order valence-electron chi connectivity index (χ0n) is 18.6. The molecule has 2 aromatic heterocycles. The highest BCUT2D eigenvalue weighted by Crippen LogP contribution is 2.30. The zero-order valence-corrected chi connectivity index (χ0v) is 18.6. The van der Waals surface area contributed by atoms with Gasteiger partial charge in [-0.1, -0.05) is 24.3 Å². The molecule has 0 bridgehead atoms. The summed E-state index contributed by atoms with van der Waals surface area (Å²) in [5, 5.41) is 8.21. The number of methoxy groups -OCH3 is 1. The molecule has 1 amide bonds. The van der Waals surface area contributed by atoms with Crippen LogP contribution in [0.15, 0.2) is 60.8 Å². The Morgan fingerprint density at radius 3 is 2.50 bits per heavy atom. The lowest BCUT2D eigenvalue weighted by molar-refractivity contribution is 0.0950. The molecule has 0 saturated heterocycles. The molecular weight excluding hydrogens is 404 g/mol. The molecule has 1 N–H and O–H groups in total. The number of hydrogen-bond acceptors (Lipinski definition) is 5. The maximum atomic E-state index is 12.8. The first-order chi connectivity index (χ1) is 15.5. The van der Waals surface area contributed by atoms with E-state index in [0.29, 0.717) is 35.1 Å². The van der Waals surface area contributed by atoms with Gasteiger partial charge >= 0.3 is 0 Å². The molecule has 164 valence electrons. The topological polar surface area (TPSA) is 78.3 Å². The molecule has 4 rings (SSSR count). The van der Waals surface area contributed by atoms with E-state index in [2.05, 4.69) is 29.2 Å². The Bertz CT molecular complexity index is 1250. The van der Waals surface area contributed by atoms with Crippen LogP contribution in [-0.4, -0.2) is 27.8 Å². The third-order valence-electron chi connectivity index (χ3n) is 5.17. The van der Waals surface area contributed by atoms with Crippen molar-refractivity contribution >= 4 is 16.9 Å².